The summed E-state index contributed by atoms with van der Waals surface area (Å²) in [6, 6.07) is 64.1. The molecule has 0 aliphatic carbocycles. The van der Waals surface area contributed by atoms with Crippen molar-refractivity contribution in [3.05, 3.63) is 229 Å². The number of alkyl halides is 6. The second kappa shape index (κ2) is 17.0. The summed E-state index contributed by atoms with van der Waals surface area (Å²) in [6.45, 7) is 0. The number of halogens is 6. The largest absolute Gasteiger partial charge is 0.417 e. The van der Waals surface area contributed by atoms with Crippen LogP contribution in [-0.2, 0) is 12.4 Å². The first-order valence-corrected chi connectivity index (χ1v) is 22.9. The Morgan fingerprint density at radius 1 is 0.347 bits per heavy atom. The van der Waals surface area contributed by atoms with Gasteiger partial charge in [-0.1, -0.05) is 140 Å². The van der Waals surface area contributed by atoms with Crippen molar-refractivity contribution in [1.82, 2.24) is 19.1 Å². The van der Waals surface area contributed by atoms with E-state index in [1.54, 1.807) is 21.3 Å². The molecule has 5 nitrogen and oxygen atoms in total. The van der Waals surface area contributed by atoms with Gasteiger partial charge in [-0.3, -0.25) is 0 Å². The highest BCUT2D eigenvalue weighted by atomic mass is 19.4. The Balaban J connectivity index is 1.19. The lowest BCUT2D eigenvalue weighted by molar-refractivity contribution is -0.142. The maximum atomic E-state index is 15.3. The van der Waals surface area contributed by atoms with Crippen LogP contribution in [-0.4, -0.2) is 19.1 Å². The Labute approximate surface area is 407 Å². The first-order valence-electron chi connectivity index (χ1n) is 22.9. The smallest absolute Gasteiger partial charge is 0.308 e. The van der Waals surface area contributed by atoms with Crippen LogP contribution in [0.15, 0.2) is 212 Å². The van der Waals surface area contributed by atoms with E-state index in [1.165, 1.54) is 12.1 Å². The maximum Gasteiger partial charge on any atom is 0.417 e. The third kappa shape index (κ3) is 7.43. The van der Waals surface area contributed by atoms with Crippen molar-refractivity contribution in [1.29, 1.82) is 5.26 Å². The summed E-state index contributed by atoms with van der Waals surface area (Å²) < 4.78 is 95.2. The average molecular weight is 952 g/mol. The monoisotopic (exact) mass is 951 g/mol. The molecule has 4 aromatic heterocycles. The molecule has 4 heterocycles. The maximum absolute atomic E-state index is 15.3. The predicted molar refractivity (Wildman–Crippen MR) is 273 cm³/mol. The van der Waals surface area contributed by atoms with Gasteiger partial charge in [0.05, 0.1) is 67.3 Å². The molecule has 0 aliphatic rings. The van der Waals surface area contributed by atoms with Crippen molar-refractivity contribution >= 4 is 43.6 Å². The molecular formula is C61H35F6N5. The van der Waals surface area contributed by atoms with E-state index in [-0.39, 0.29) is 16.9 Å². The van der Waals surface area contributed by atoms with E-state index in [9.17, 15) is 5.26 Å². The Morgan fingerprint density at radius 3 is 1.14 bits per heavy atom. The van der Waals surface area contributed by atoms with E-state index in [4.69, 9.17) is 9.97 Å². The quantitative estimate of drug-likeness (QED) is 0.150. The fraction of sp³-hybridized carbons (Fsp3) is 0.0328. The van der Waals surface area contributed by atoms with Gasteiger partial charge in [-0.05, 0) is 78.4 Å². The Hall–Kier alpha value is -9.27. The van der Waals surface area contributed by atoms with Crippen LogP contribution in [0.25, 0.3) is 111 Å². The van der Waals surface area contributed by atoms with Crippen molar-refractivity contribution in [2.45, 2.75) is 12.4 Å². The van der Waals surface area contributed by atoms with Crippen molar-refractivity contribution in [2.75, 3.05) is 0 Å². The third-order valence-electron chi connectivity index (χ3n) is 13.2. The molecule has 0 bridgehead atoms. The van der Waals surface area contributed by atoms with Gasteiger partial charge in [-0.2, -0.15) is 31.6 Å². The third-order valence-corrected chi connectivity index (χ3v) is 13.2. The minimum Gasteiger partial charge on any atom is -0.308 e. The topological polar surface area (TPSA) is 59.4 Å². The van der Waals surface area contributed by atoms with E-state index in [0.29, 0.717) is 56.7 Å². The zero-order valence-electron chi connectivity index (χ0n) is 37.7. The van der Waals surface area contributed by atoms with E-state index < -0.39 is 34.6 Å². The standard InChI is InChI=1S/C61H35F6N5/c62-60(63,64)47-20-11-21-48(61(65,66)67)59(47)41-34-57(71-53-26-9-7-18-42(53)44-30-28-39(32-55(44)71)51-24-12-22-49(69-51)37-14-3-1-4-15-37)46(36-68)58(35-41)72-54-27-10-8-19-43(54)45-31-29-40(33-56(45)72)52-25-13-23-50(70-52)38-16-5-2-6-17-38/h1-35H. The number of fused-ring (bicyclic) bond motifs is 6. The number of pyridine rings is 2. The highest BCUT2D eigenvalue weighted by Crippen LogP contribution is 2.48. The molecule has 0 fully saturated rings. The molecule has 72 heavy (non-hydrogen) atoms. The van der Waals surface area contributed by atoms with Gasteiger partial charge >= 0.3 is 12.4 Å². The number of benzene rings is 8. The first-order chi connectivity index (χ1) is 34.9. The van der Waals surface area contributed by atoms with Crippen LogP contribution in [0.1, 0.15) is 16.7 Å². The van der Waals surface area contributed by atoms with Crippen molar-refractivity contribution in [3.8, 4) is 73.6 Å². The summed E-state index contributed by atoms with van der Waals surface area (Å²) in [6.07, 6.45) is -10.4. The van der Waals surface area contributed by atoms with Crippen LogP contribution >= 0.6 is 0 Å². The second-order valence-corrected chi connectivity index (χ2v) is 17.4. The number of hydrogen-bond acceptors (Lipinski definition) is 3. The molecule has 0 unspecified atom stereocenters. The summed E-state index contributed by atoms with van der Waals surface area (Å²) in [5, 5.41) is 14.6. The number of para-hydroxylation sites is 2. The molecule has 0 radical (unpaired) electrons. The molecule has 0 N–H and O–H groups in total. The van der Waals surface area contributed by atoms with Crippen molar-refractivity contribution < 1.29 is 26.3 Å². The lowest BCUT2D eigenvalue weighted by Crippen LogP contribution is -2.15. The fourth-order valence-corrected chi connectivity index (χ4v) is 10.1. The van der Waals surface area contributed by atoms with Gasteiger partial charge in [-0.15, -0.1) is 0 Å². The highest BCUT2D eigenvalue weighted by molar-refractivity contribution is 6.12. The number of nitrogens with zero attached hydrogens (tertiary/aromatic N) is 5. The number of aromatic nitrogens is 4. The van der Waals surface area contributed by atoms with E-state index in [2.05, 4.69) is 6.07 Å². The van der Waals surface area contributed by atoms with Crippen LogP contribution < -0.4 is 0 Å². The van der Waals surface area contributed by atoms with Crippen LogP contribution in [0.3, 0.4) is 0 Å². The minimum absolute atomic E-state index is 0.00584. The number of rotatable bonds is 7. The molecule has 0 aliphatic heterocycles. The molecule has 0 amide bonds. The zero-order chi connectivity index (χ0) is 49.3. The number of nitriles is 1. The van der Waals surface area contributed by atoms with Crippen LogP contribution in [0.2, 0.25) is 0 Å². The summed E-state index contributed by atoms with van der Waals surface area (Å²) in [7, 11) is 0. The number of hydrogen-bond donors (Lipinski definition) is 0. The lowest BCUT2D eigenvalue weighted by Gasteiger charge is -2.22. The van der Waals surface area contributed by atoms with E-state index in [0.717, 1.165) is 50.1 Å². The molecule has 12 aromatic rings. The van der Waals surface area contributed by atoms with Gasteiger partial charge in [-0.25, -0.2) is 9.97 Å². The molecule has 12 rings (SSSR count). The van der Waals surface area contributed by atoms with Crippen molar-refractivity contribution in [3.63, 3.8) is 0 Å². The zero-order valence-corrected chi connectivity index (χ0v) is 37.7. The van der Waals surface area contributed by atoms with Gasteiger partial charge in [0, 0.05) is 49.4 Å². The lowest BCUT2D eigenvalue weighted by atomic mass is 9.91. The Bertz CT molecular complexity index is 3890. The predicted octanol–water partition coefficient (Wildman–Crippen LogP) is 16.9. The first kappa shape index (κ1) is 44.0. The summed E-state index contributed by atoms with van der Waals surface area (Å²) in [5.74, 6) is 0. The minimum atomic E-state index is -5.20. The van der Waals surface area contributed by atoms with Crippen LogP contribution in [0, 0.1) is 11.3 Å². The normalized spacial score (nSPS) is 12.0. The van der Waals surface area contributed by atoms with Crippen LogP contribution in [0.5, 0.6) is 0 Å². The molecule has 0 spiro atoms. The average Bonchev–Trinajstić information content (AvgIpc) is 3.92. The molecule has 11 heteroatoms. The van der Waals surface area contributed by atoms with Crippen LogP contribution in [0.4, 0.5) is 26.3 Å². The van der Waals surface area contributed by atoms with Gasteiger partial charge in [0.1, 0.15) is 11.6 Å². The highest BCUT2D eigenvalue weighted by Gasteiger charge is 2.41. The molecule has 346 valence electrons. The van der Waals surface area contributed by atoms with E-state index in [1.807, 2.05) is 170 Å². The molecule has 0 saturated carbocycles. The summed E-state index contributed by atoms with van der Waals surface area (Å²) in [4.78, 5) is 10.0. The molecular weight excluding hydrogens is 917 g/mol. The summed E-state index contributed by atoms with van der Waals surface area (Å²) >= 11 is 0. The Kier molecular flexibility index (Phi) is 10.4. The van der Waals surface area contributed by atoms with Crippen molar-refractivity contribution in [2.24, 2.45) is 0 Å². The van der Waals surface area contributed by atoms with Gasteiger partial charge in [0.15, 0.2) is 0 Å². The fourth-order valence-electron chi connectivity index (χ4n) is 10.1. The van der Waals surface area contributed by atoms with Gasteiger partial charge in [0.25, 0.3) is 0 Å². The molecule has 0 atom stereocenters. The second-order valence-electron chi connectivity index (χ2n) is 17.4. The van der Waals surface area contributed by atoms with Gasteiger partial charge < -0.3 is 9.13 Å². The van der Waals surface area contributed by atoms with Gasteiger partial charge in [0.2, 0.25) is 0 Å². The summed E-state index contributed by atoms with van der Waals surface area (Å²) in [5.41, 5.74) is 3.93. The molecule has 0 saturated heterocycles. The SMILES string of the molecule is N#Cc1c(-n2c3ccccc3c3ccc(-c4cccc(-c5ccccc5)n4)cc32)cc(-c2c(C(F)(F)F)cccc2C(F)(F)F)cc1-n1c2ccccc2c2ccc(-c3cccc(-c4ccccc4)n3)cc21. The van der Waals surface area contributed by atoms with E-state index >= 15 is 26.3 Å². The molecule has 8 aromatic carbocycles. The Morgan fingerprint density at radius 2 is 0.722 bits per heavy atom.